The van der Waals surface area contributed by atoms with Gasteiger partial charge < -0.3 is 33.7 Å². The van der Waals surface area contributed by atoms with Gasteiger partial charge in [0.2, 0.25) is 5.95 Å². The lowest BCUT2D eigenvalue weighted by Gasteiger charge is -2.24. The second kappa shape index (κ2) is 37.0. The van der Waals surface area contributed by atoms with Crippen molar-refractivity contribution >= 4 is 69.2 Å². The van der Waals surface area contributed by atoms with E-state index >= 15 is 0 Å². The van der Waals surface area contributed by atoms with Gasteiger partial charge in [0.1, 0.15) is 54.9 Å². The van der Waals surface area contributed by atoms with Crippen molar-refractivity contribution in [1.82, 2.24) is 15.0 Å². The molecule has 0 saturated heterocycles. The number of sulfone groups is 2. The van der Waals surface area contributed by atoms with Gasteiger partial charge in [-0.25, -0.2) is 38.7 Å². The second-order valence-corrected chi connectivity index (χ2v) is 38.0. The van der Waals surface area contributed by atoms with Gasteiger partial charge in [0.05, 0.1) is 34.5 Å². The number of nitrogens with zero attached hydrogens (tertiary/aromatic N) is 4. The Bertz CT molecular complexity index is 6460. The van der Waals surface area contributed by atoms with Crippen LogP contribution in [0, 0.1) is 55.4 Å². The highest BCUT2D eigenvalue weighted by atomic mass is 32.2. The largest absolute Gasteiger partial charge is 0.744 e. The third-order valence-corrected chi connectivity index (χ3v) is 25.0. The lowest BCUT2D eigenvalue weighted by Crippen LogP contribution is -2.32. The Morgan fingerprint density at radius 1 is 0.347 bits per heavy atom. The zero-order valence-corrected chi connectivity index (χ0v) is 72.3. The summed E-state index contributed by atoms with van der Waals surface area (Å²) in [5.41, 5.74) is 23.2. The van der Waals surface area contributed by atoms with Crippen molar-refractivity contribution in [3.05, 3.63) is 398 Å². The molecule has 2 N–H and O–H groups in total. The first-order valence-corrected chi connectivity index (χ1v) is 46.5. The van der Waals surface area contributed by atoms with Gasteiger partial charge >= 0.3 is 0 Å². The maximum absolute atomic E-state index is 12.4. The van der Waals surface area contributed by atoms with E-state index in [0.29, 0.717) is 86.8 Å². The van der Waals surface area contributed by atoms with Gasteiger partial charge in [-0.2, -0.15) is 9.97 Å². The molecular weight excluding hydrogens is 1600 g/mol. The number of fused-ring (bicyclic) bond motifs is 4. The zero-order chi connectivity index (χ0) is 86.2. The summed E-state index contributed by atoms with van der Waals surface area (Å²) in [4.78, 5) is 14.9. The van der Waals surface area contributed by atoms with Crippen LogP contribution in [0.25, 0.3) is 23.3 Å². The molecule has 0 radical (unpaired) electrons. The average Bonchev–Trinajstić information content (AvgIpc) is 0.745. The van der Waals surface area contributed by atoms with Crippen molar-refractivity contribution in [2.45, 2.75) is 102 Å². The molecular formula is C99H94N4O14S4-2. The number of hydrogen-bond donors (Lipinski definition) is 2. The van der Waals surface area contributed by atoms with Crippen molar-refractivity contribution in [2.24, 2.45) is 0 Å². The fourth-order valence-corrected chi connectivity index (χ4v) is 18.6. The number of ether oxygens (including phenoxy) is 2. The van der Waals surface area contributed by atoms with Crippen LogP contribution in [-0.4, -0.2) is 107 Å². The number of aliphatic hydroxyl groups is 2. The van der Waals surface area contributed by atoms with Gasteiger partial charge in [-0.15, -0.1) is 0 Å². The van der Waals surface area contributed by atoms with Gasteiger partial charge in [-0.1, -0.05) is 194 Å². The number of aliphatic hydroxyl groups excluding tert-OH is 2. The summed E-state index contributed by atoms with van der Waals surface area (Å²) < 4.78 is 134. The highest BCUT2D eigenvalue weighted by Crippen LogP contribution is 2.42. The second-order valence-electron chi connectivity index (χ2n) is 31.1. The zero-order valence-electron chi connectivity index (χ0n) is 69.0. The molecule has 0 amide bonds. The minimum Gasteiger partial charge on any atom is -0.744 e. The first-order chi connectivity index (χ1) is 57.6. The average molecular weight is 1690 g/mol. The molecule has 1 aromatic heterocycles. The van der Waals surface area contributed by atoms with E-state index in [-0.39, 0.29) is 47.6 Å². The molecule has 2 aliphatic heterocycles. The SMILES string of the molecule is CS(=O)(=O)Cc1cccc(Cc2nc(Cc3cccc(CS(C)(=O)=O)c3)nc(N(CCO)CCO)n2)c1.Cc1cccc(C)c1/C=c1\ccc2c(c1)Oc1cc(Cc3c(C)cccc3C)ccc1C=2c1ccccc1S(=O)(=O)[O-].Cc1cccc(C)c1/C=c1\ccc2c(c1)Oc1cc(Cc3c(C)cccc3C)ccc1C=2c1ccccc1S(=O)(=O)[O-]. The monoisotopic (exact) mass is 1690 g/mol. The van der Waals surface area contributed by atoms with E-state index in [0.717, 1.165) is 78.2 Å². The van der Waals surface area contributed by atoms with Crippen LogP contribution in [0.5, 0.6) is 23.0 Å². The summed E-state index contributed by atoms with van der Waals surface area (Å²) in [5, 5.41) is 22.4. The van der Waals surface area contributed by atoms with Crippen LogP contribution in [0.3, 0.4) is 0 Å². The Hall–Kier alpha value is -11.8. The third-order valence-electron chi connectivity index (χ3n) is 21.5. The van der Waals surface area contributed by atoms with Crippen LogP contribution in [-0.2, 0) is 77.1 Å². The van der Waals surface area contributed by atoms with Gasteiger partial charge in [-0.3, -0.25) is 0 Å². The lowest BCUT2D eigenvalue weighted by atomic mass is 9.90. The van der Waals surface area contributed by atoms with Gasteiger partial charge in [0.25, 0.3) is 0 Å². The van der Waals surface area contributed by atoms with Gasteiger partial charge in [0, 0.05) is 82.3 Å². The highest BCUT2D eigenvalue weighted by Gasteiger charge is 2.27. The highest BCUT2D eigenvalue weighted by molar-refractivity contribution is 7.90. The fraction of sp³-hybridized carbons (Fsp3) is 0.202. The third kappa shape index (κ3) is 21.5. The van der Waals surface area contributed by atoms with Crippen LogP contribution >= 0.6 is 0 Å². The predicted octanol–water partition coefficient (Wildman–Crippen LogP) is 14.1. The molecule has 13 aromatic rings. The molecule has 2 aliphatic rings. The summed E-state index contributed by atoms with van der Waals surface area (Å²) in [6.07, 6.45) is 8.76. The molecule has 15 rings (SSSR count). The molecule has 121 heavy (non-hydrogen) atoms. The van der Waals surface area contributed by atoms with Crippen LogP contribution < -0.4 is 35.2 Å². The Morgan fingerprint density at radius 2 is 0.686 bits per heavy atom. The summed E-state index contributed by atoms with van der Waals surface area (Å²) in [6.45, 7) is 17.0. The van der Waals surface area contributed by atoms with E-state index in [2.05, 4.69) is 155 Å². The van der Waals surface area contributed by atoms with E-state index in [1.807, 2.05) is 84.9 Å². The van der Waals surface area contributed by atoms with E-state index in [9.17, 15) is 53.0 Å². The summed E-state index contributed by atoms with van der Waals surface area (Å²) in [5.74, 6) is 3.54. The van der Waals surface area contributed by atoms with Crippen molar-refractivity contribution < 1.29 is 62.5 Å². The standard InChI is InChI=1S/2C37H32O4S.C25H32N4O6S2/c2*1-23-9-7-10-24(2)32(23)19-27-15-17-29-34(21-27)41-35-22-28(20-33-25(3)11-8-12-26(33)4)16-18-30(35)37(29)31-13-5-6-14-36(31)42(38,39)40;1-36(32,33)17-21-7-3-5-19(13-21)15-23-26-24(28-25(27-23)29(9-11-30)10-12-31)16-20-6-4-8-22(14-20)18-37(2,34)35/h2*5-19,21-22H,20H2,1-4H3,(H,38,39,40);3-8,13-14,30-31H,9-12,15-18H2,1-2H3/p-2/b2*27-19+;. The first kappa shape index (κ1) is 87.0. The molecule has 0 spiro atoms. The molecule has 620 valence electrons. The van der Waals surface area contributed by atoms with E-state index in [1.165, 1.54) is 80.3 Å². The van der Waals surface area contributed by atoms with E-state index in [1.54, 1.807) is 77.7 Å². The smallest absolute Gasteiger partial charge is 0.229 e. The molecule has 3 heterocycles. The minimum absolute atomic E-state index is 0.0703. The Labute approximate surface area is 708 Å². The molecule has 18 nitrogen and oxygen atoms in total. The van der Waals surface area contributed by atoms with E-state index in [4.69, 9.17) is 9.47 Å². The molecule has 0 bridgehead atoms. The Kier molecular flexibility index (Phi) is 26.6. The van der Waals surface area contributed by atoms with Crippen LogP contribution in [0.1, 0.15) is 134 Å². The normalized spacial score (nSPS) is 12.7. The van der Waals surface area contributed by atoms with Gasteiger partial charge in [0.15, 0.2) is 19.7 Å². The van der Waals surface area contributed by atoms with Crippen molar-refractivity contribution in [2.75, 3.05) is 43.7 Å². The number of hydrogen-bond acceptors (Lipinski definition) is 18. The molecule has 0 unspecified atom stereocenters. The van der Waals surface area contributed by atoms with Crippen LogP contribution in [0.2, 0.25) is 0 Å². The molecule has 0 saturated carbocycles. The molecule has 0 aliphatic carbocycles. The molecule has 22 heteroatoms. The molecule has 0 atom stereocenters. The minimum atomic E-state index is -4.72. The van der Waals surface area contributed by atoms with Gasteiger partial charge in [-0.05, 0) is 239 Å². The van der Waals surface area contributed by atoms with E-state index < -0.39 is 39.9 Å². The maximum atomic E-state index is 12.4. The summed E-state index contributed by atoms with van der Waals surface area (Å²) in [6, 6.07) is 76.3. The molecule has 0 fully saturated rings. The number of aryl methyl sites for hydroxylation is 8. The summed E-state index contributed by atoms with van der Waals surface area (Å²) in [7, 11) is -15.8. The number of rotatable bonds is 23. The first-order valence-electron chi connectivity index (χ1n) is 39.5. The number of anilines is 1. The Morgan fingerprint density at radius 3 is 1.04 bits per heavy atom. The van der Waals surface area contributed by atoms with Crippen molar-refractivity contribution in [1.29, 1.82) is 0 Å². The van der Waals surface area contributed by atoms with Crippen LogP contribution in [0.4, 0.5) is 5.95 Å². The quantitative estimate of drug-likeness (QED) is 0.0563. The summed E-state index contributed by atoms with van der Waals surface area (Å²) >= 11 is 0. The maximum Gasteiger partial charge on any atom is 0.229 e. The number of benzene rings is 12. The van der Waals surface area contributed by atoms with Crippen LogP contribution in [0.15, 0.2) is 252 Å². The predicted molar refractivity (Wildman–Crippen MR) is 475 cm³/mol. The fourth-order valence-electron chi connectivity index (χ4n) is 15.7. The molecule has 12 aromatic carbocycles. The van der Waals surface area contributed by atoms with Crippen molar-refractivity contribution in [3.63, 3.8) is 0 Å². The number of aromatic nitrogens is 3. The van der Waals surface area contributed by atoms with Crippen molar-refractivity contribution in [3.8, 4) is 23.0 Å². The Balaban J connectivity index is 0.000000157. The lowest BCUT2D eigenvalue weighted by molar-refractivity contribution is 0.280. The topological polar surface area (TPSA) is 284 Å².